The van der Waals surface area contributed by atoms with Gasteiger partial charge in [-0.1, -0.05) is 235 Å². The van der Waals surface area contributed by atoms with Gasteiger partial charge in [-0.3, -0.25) is 0 Å². The van der Waals surface area contributed by atoms with Crippen molar-refractivity contribution in [1.29, 1.82) is 0 Å². The molecule has 3 heteroatoms. The Morgan fingerprint density at radius 3 is 1.28 bits per heavy atom. The Kier molecular flexibility index (Phi) is 16.4. The summed E-state index contributed by atoms with van der Waals surface area (Å²) in [6.07, 6.45) is 18.3. The number of anilines is 6. The van der Waals surface area contributed by atoms with Gasteiger partial charge in [-0.2, -0.15) is 0 Å². The number of nitrogens with zero attached hydrogens (tertiary/aromatic N) is 3. The maximum atomic E-state index is 2.60. The highest BCUT2D eigenvalue weighted by molar-refractivity contribution is 6.10. The molecule has 0 spiro atoms. The predicted octanol–water partition coefficient (Wildman–Crippen LogP) is 23.4. The molecule has 0 saturated heterocycles. The summed E-state index contributed by atoms with van der Waals surface area (Å²) in [5.41, 5.74) is 23.9. The van der Waals surface area contributed by atoms with Crippen LogP contribution in [-0.4, -0.2) is 4.57 Å². The van der Waals surface area contributed by atoms with E-state index >= 15 is 0 Å². The lowest BCUT2D eigenvalue weighted by Crippen LogP contribution is -2.25. The minimum absolute atomic E-state index is 0.0436. The Labute approximate surface area is 488 Å². The van der Waals surface area contributed by atoms with Gasteiger partial charge in [0, 0.05) is 56.0 Å². The molecule has 0 saturated carbocycles. The van der Waals surface area contributed by atoms with E-state index < -0.39 is 0 Å². The number of aromatic nitrogens is 1. The zero-order chi connectivity index (χ0) is 55.8. The van der Waals surface area contributed by atoms with Gasteiger partial charge in [0.25, 0.3) is 0 Å². The second-order valence-corrected chi connectivity index (χ2v) is 23.3. The van der Waals surface area contributed by atoms with Gasteiger partial charge in [0.2, 0.25) is 0 Å². The maximum absolute atomic E-state index is 2.60. The van der Waals surface area contributed by atoms with Crippen molar-refractivity contribution in [3.63, 3.8) is 0 Å². The second kappa shape index (κ2) is 24.8. The number of unbranched alkanes of at least 4 members (excludes halogenated alkanes) is 10. The van der Waals surface area contributed by atoms with E-state index in [-0.39, 0.29) is 5.41 Å². The van der Waals surface area contributed by atoms with Crippen LogP contribution in [0.25, 0.3) is 60.9 Å². The van der Waals surface area contributed by atoms with Gasteiger partial charge in [0.05, 0.1) is 11.0 Å². The van der Waals surface area contributed by atoms with Crippen molar-refractivity contribution in [2.45, 2.75) is 123 Å². The van der Waals surface area contributed by atoms with Gasteiger partial charge >= 0.3 is 0 Å². The van der Waals surface area contributed by atoms with E-state index in [0.717, 1.165) is 39.8 Å². The van der Waals surface area contributed by atoms with Crippen LogP contribution in [0.4, 0.5) is 34.1 Å². The Hall–Kier alpha value is -8.40. The molecule has 1 heterocycles. The van der Waals surface area contributed by atoms with Crippen LogP contribution >= 0.6 is 0 Å². The van der Waals surface area contributed by atoms with Gasteiger partial charge in [-0.15, -0.1) is 0 Å². The standard InChI is InChI=1S/C79H79N3/c1-5-7-9-11-13-23-53-79(54-24-14-12-10-8-6-2)75-55-59(4)33-50-71(75)72-51-38-62(56-76(72)79)60-34-42-67(43-35-60)81(66-40-31-58(3)32-41-66)68-44-36-61(37-45-68)63-39-52-74-73-29-21-22-30-77(73)82(78(74)57-63)70-48-46-69(47-49-70)80(64-25-17-15-18-26-64)65-27-19-16-20-28-65/h15-22,25-52,55-57H,5-14,23-24,53-54H2,1-4H3. The van der Waals surface area contributed by atoms with Crippen LogP contribution < -0.4 is 9.80 Å². The van der Waals surface area contributed by atoms with E-state index in [1.807, 2.05) is 0 Å². The molecule has 1 aliphatic rings. The van der Waals surface area contributed by atoms with Crippen LogP contribution in [0, 0.1) is 13.8 Å². The summed E-state index contributed by atoms with van der Waals surface area (Å²) in [7, 11) is 0. The van der Waals surface area contributed by atoms with Gasteiger partial charge < -0.3 is 14.4 Å². The van der Waals surface area contributed by atoms with E-state index in [1.165, 1.54) is 156 Å². The van der Waals surface area contributed by atoms with Crippen LogP contribution in [0.15, 0.2) is 237 Å². The highest BCUT2D eigenvalue weighted by Crippen LogP contribution is 2.55. The lowest BCUT2D eigenvalue weighted by Gasteiger charge is -2.33. The summed E-state index contributed by atoms with van der Waals surface area (Å²) in [6, 6.07) is 88.3. The third-order valence-electron chi connectivity index (χ3n) is 17.7. The molecule has 0 atom stereocenters. The van der Waals surface area contributed by atoms with Crippen LogP contribution in [0.3, 0.4) is 0 Å². The first kappa shape index (κ1) is 54.2. The van der Waals surface area contributed by atoms with Crippen molar-refractivity contribution in [1.82, 2.24) is 4.57 Å². The summed E-state index contributed by atoms with van der Waals surface area (Å²) in [6.45, 7) is 9.10. The maximum Gasteiger partial charge on any atom is 0.0547 e. The normalized spacial score (nSPS) is 12.4. The molecule has 1 aromatic heterocycles. The first-order chi connectivity index (χ1) is 40.4. The zero-order valence-electron chi connectivity index (χ0n) is 48.8. The SMILES string of the molecule is CCCCCCCCC1(CCCCCCCC)c2cc(C)ccc2-c2ccc(-c3ccc(N(c4ccc(C)cc4)c4ccc(-c5ccc6c7ccccc7n(-c7ccc(N(c8ccccc8)c8ccccc8)cc7)c6c5)cc4)cc3)cc21. The molecule has 10 aromatic carbocycles. The molecule has 11 aromatic rings. The molecule has 0 bridgehead atoms. The Morgan fingerprint density at radius 1 is 0.317 bits per heavy atom. The number of aryl methyl sites for hydroxylation is 2. The van der Waals surface area contributed by atoms with E-state index in [4.69, 9.17) is 0 Å². The van der Waals surface area contributed by atoms with Gasteiger partial charge in [-0.05, 0) is 174 Å². The fraction of sp³-hybridized carbons (Fsp3) is 0.241. The summed E-state index contributed by atoms with van der Waals surface area (Å²) in [4.78, 5) is 4.72. The Morgan fingerprint density at radius 2 is 0.720 bits per heavy atom. The lowest BCUT2D eigenvalue weighted by atomic mass is 9.70. The third kappa shape index (κ3) is 11.1. The number of hydrogen-bond donors (Lipinski definition) is 0. The summed E-state index contributed by atoms with van der Waals surface area (Å²) in [5, 5.41) is 2.49. The van der Waals surface area contributed by atoms with Crippen molar-refractivity contribution in [3.05, 3.63) is 259 Å². The predicted molar refractivity (Wildman–Crippen MR) is 353 cm³/mol. The molecule has 0 amide bonds. The minimum atomic E-state index is 0.0436. The molecule has 0 unspecified atom stereocenters. The molecule has 0 N–H and O–H groups in total. The second-order valence-electron chi connectivity index (χ2n) is 23.3. The van der Waals surface area contributed by atoms with Crippen molar-refractivity contribution in [2.75, 3.05) is 9.80 Å². The third-order valence-corrected chi connectivity index (χ3v) is 17.7. The van der Waals surface area contributed by atoms with E-state index in [9.17, 15) is 0 Å². The number of fused-ring (bicyclic) bond motifs is 6. The molecule has 0 radical (unpaired) electrons. The van der Waals surface area contributed by atoms with Crippen LogP contribution in [0.5, 0.6) is 0 Å². The first-order valence-electron chi connectivity index (χ1n) is 30.8. The summed E-state index contributed by atoms with van der Waals surface area (Å²) in [5.74, 6) is 0. The van der Waals surface area contributed by atoms with Gasteiger partial charge in [0.15, 0.2) is 0 Å². The fourth-order valence-electron chi connectivity index (χ4n) is 13.4. The molecule has 0 aliphatic heterocycles. The molecule has 82 heavy (non-hydrogen) atoms. The van der Waals surface area contributed by atoms with Gasteiger partial charge in [-0.25, -0.2) is 0 Å². The molecule has 0 fully saturated rings. The van der Waals surface area contributed by atoms with Crippen molar-refractivity contribution in [3.8, 4) is 39.1 Å². The molecular weight excluding hydrogens is 991 g/mol. The lowest BCUT2D eigenvalue weighted by molar-refractivity contribution is 0.398. The molecule has 12 rings (SSSR count). The number of benzene rings is 10. The zero-order valence-corrected chi connectivity index (χ0v) is 48.8. The van der Waals surface area contributed by atoms with E-state index in [0.29, 0.717) is 0 Å². The molecule has 410 valence electrons. The first-order valence-corrected chi connectivity index (χ1v) is 30.8. The average Bonchev–Trinajstić information content (AvgIpc) is 3.72. The quantitative estimate of drug-likeness (QED) is 0.0592. The number of hydrogen-bond acceptors (Lipinski definition) is 2. The Balaban J connectivity index is 0.853. The smallest absolute Gasteiger partial charge is 0.0547 e. The van der Waals surface area contributed by atoms with Crippen molar-refractivity contribution < 1.29 is 0 Å². The van der Waals surface area contributed by atoms with Crippen LogP contribution in [0.1, 0.15) is 126 Å². The average molecular weight is 1070 g/mol. The number of para-hydroxylation sites is 3. The summed E-state index contributed by atoms with van der Waals surface area (Å²) < 4.78 is 2.43. The Bertz CT molecular complexity index is 3830. The van der Waals surface area contributed by atoms with Crippen molar-refractivity contribution in [2.24, 2.45) is 0 Å². The molecular formula is C79H79N3. The van der Waals surface area contributed by atoms with Crippen molar-refractivity contribution >= 4 is 55.9 Å². The highest BCUT2D eigenvalue weighted by Gasteiger charge is 2.42. The fourth-order valence-corrected chi connectivity index (χ4v) is 13.4. The molecule has 3 nitrogen and oxygen atoms in total. The molecule has 1 aliphatic carbocycles. The van der Waals surface area contributed by atoms with Crippen LogP contribution in [0.2, 0.25) is 0 Å². The van der Waals surface area contributed by atoms with E-state index in [2.05, 4.69) is 279 Å². The largest absolute Gasteiger partial charge is 0.311 e. The van der Waals surface area contributed by atoms with Gasteiger partial charge in [0.1, 0.15) is 0 Å². The highest BCUT2D eigenvalue weighted by atomic mass is 15.1. The van der Waals surface area contributed by atoms with Crippen LogP contribution in [-0.2, 0) is 5.41 Å². The van der Waals surface area contributed by atoms with E-state index in [1.54, 1.807) is 11.1 Å². The minimum Gasteiger partial charge on any atom is -0.311 e. The monoisotopic (exact) mass is 1070 g/mol. The topological polar surface area (TPSA) is 11.4 Å². The summed E-state index contributed by atoms with van der Waals surface area (Å²) >= 11 is 0. The number of rotatable bonds is 23.